The molecule has 5 aromatic heterocycles. The Hall–Kier alpha value is -10.4. The van der Waals surface area contributed by atoms with Crippen molar-refractivity contribution in [2.24, 2.45) is 0 Å². The normalized spacial score (nSPS) is 19.3. The Morgan fingerprint density at radius 2 is 0.526 bits per heavy atom. The third kappa shape index (κ3) is 6.26. The lowest BCUT2D eigenvalue weighted by atomic mass is 10.1. The highest BCUT2D eigenvalue weighted by atomic mass is 15.1. The van der Waals surface area contributed by atoms with E-state index in [0.29, 0.717) is 9.13 Å². The molecule has 0 N–H and O–H groups in total. The molecule has 0 saturated heterocycles. The van der Waals surface area contributed by atoms with Gasteiger partial charge in [0.05, 0.1) is 116 Å². The minimum Gasteiger partial charge on any atom is -0.309 e. The number of nitrogens with zero attached hydrogens (tertiary/aromatic N) is 7. The van der Waals surface area contributed by atoms with Gasteiger partial charge >= 0.3 is 0 Å². The fraction of sp³-hybridized carbons (Fsp3) is 0. The van der Waals surface area contributed by atoms with Crippen LogP contribution in [0.3, 0.4) is 0 Å². The Morgan fingerprint density at radius 3 is 0.829 bits per heavy atom. The number of aromatic nitrogens is 7. The molecule has 0 saturated carbocycles. The van der Waals surface area contributed by atoms with Gasteiger partial charge in [0.15, 0.2) is 17.5 Å². The summed E-state index contributed by atoms with van der Waals surface area (Å²) >= 11 is 0. The molecule has 0 atom stereocenters. The van der Waals surface area contributed by atoms with Gasteiger partial charge in [0.1, 0.15) is 0 Å². The fourth-order valence-corrected chi connectivity index (χ4v) is 9.57. The molecule has 0 fully saturated rings. The largest absolute Gasteiger partial charge is 0.309 e. The summed E-state index contributed by atoms with van der Waals surface area (Å²) in [7, 11) is 0. The molecular weight excluding hydrogens is 927 g/mol. The van der Waals surface area contributed by atoms with E-state index in [1.807, 2.05) is 0 Å². The highest BCUT2D eigenvalue weighted by Gasteiger charge is 2.25. The molecule has 0 radical (unpaired) electrons. The van der Waals surface area contributed by atoms with Crippen LogP contribution in [0.2, 0.25) is 0 Å². The third-order valence-electron chi connectivity index (χ3n) is 12.6. The Kier molecular flexibility index (Phi) is 4.11. The molecule has 0 bridgehead atoms. The Labute approximate surface area is 492 Å². The first-order chi connectivity index (χ1) is 54.4. The molecule has 11 aromatic carbocycles. The van der Waals surface area contributed by atoms with Gasteiger partial charge in [-0.15, -0.1) is 0 Å². The van der Waals surface area contributed by atoms with E-state index in [4.69, 9.17) is 31.9 Å². The quantitative estimate of drug-likeness (QED) is 0.160. The van der Waals surface area contributed by atoms with E-state index >= 15 is 0 Å². The Morgan fingerprint density at radius 1 is 0.263 bits per heavy atom. The first-order valence-electron chi connectivity index (χ1n) is 42.5. The first-order valence-corrected chi connectivity index (χ1v) is 22.5. The number of para-hydroxylation sites is 8. The summed E-state index contributed by atoms with van der Waals surface area (Å²) in [6, 6.07) is -37.2. The fourth-order valence-electron chi connectivity index (χ4n) is 9.57. The summed E-state index contributed by atoms with van der Waals surface area (Å²) in [4.78, 5) is 14.4. The predicted molar refractivity (Wildman–Crippen MR) is 313 cm³/mol. The summed E-state index contributed by atoms with van der Waals surface area (Å²) < 4.78 is 376. The zero-order chi connectivity index (χ0) is 84.7. The van der Waals surface area contributed by atoms with E-state index in [1.54, 1.807) is 0 Å². The molecule has 0 aliphatic rings. The van der Waals surface area contributed by atoms with Gasteiger partial charge in [-0.05, 0) is 84.6 Å². The minimum absolute atomic E-state index is 0.599. The third-order valence-corrected chi connectivity index (χ3v) is 12.6. The standard InChI is InChI=1S/C69H43N7/c1-9-32-56-48(24-1)49-25-2-10-33-57(49)73(56)46-22-17-20-44(42-46)67-70-68(45-21-18-23-47(43-45)74-58-34-11-3-26-50(58)51-27-4-12-35-59(51)74)72-69(71-67)66-64(75-60-36-13-5-28-52(60)53-29-6-14-37-61(53)75)40-19-41-65(66)76-62-38-15-7-30-54(62)55-31-8-16-39-63(55)76/h1-43H/i1D,2D,3D,4D,5D,6D,7D,8D,9D,10D,11D,12D,13D,14D,15D,16D,17D,18D,20D,21D,22D,23D,24D,25D,26D,27D,28D,29D,30D,31D,32D,33D,34D,35D,36D,37D,38D,39D,42D,43D. The minimum atomic E-state index is -1.26. The molecule has 0 unspecified atom stereocenters. The van der Waals surface area contributed by atoms with Crippen molar-refractivity contribution >= 4 is 87.2 Å². The molecule has 0 spiro atoms. The van der Waals surface area contributed by atoms with Crippen molar-refractivity contribution in [2.75, 3.05) is 0 Å². The van der Waals surface area contributed by atoms with Crippen LogP contribution in [0, 0.1) is 0 Å². The molecule has 0 aliphatic carbocycles. The van der Waals surface area contributed by atoms with Crippen molar-refractivity contribution in [3.05, 3.63) is 260 Å². The molecule has 7 heteroatoms. The Balaban J connectivity index is 1.19. The Bertz CT molecular complexity index is 6730. The van der Waals surface area contributed by atoms with E-state index in [-0.39, 0.29) is 0 Å². The lowest BCUT2D eigenvalue weighted by Crippen LogP contribution is -2.08. The maximum absolute atomic E-state index is 10.5. The summed E-state index contributed by atoms with van der Waals surface area (Å²) in [5.74, 6) is -3.49. The SMILES string of the molecule is [2H]c1c([2H])c(-c2nc(-c3c(-n4c5c([2H])c([2H])c([2H])c([2H])c5c5c([2H])c([2H])c([2H])c([2H])c54)cccc3-n3c4c([2H])c([2H])c([2H])c([2H])c4c4c([2H])c([2H])c([2H])c([2H])c43)nc(-c3c([2H])c([2H])c([2H])c(-n4c5c([2H])c([2H])c([2H])c([2H])c5c5c([2H])c([2H])c([2H])c([2H])c54)c3[2H])n2)c([2H])c(-n2c3c([2H])c([2H])c([2H])c([2H])c3c3c([2H])c([2H])c([2H])c([2H])c32)c1[2H]. The van der Waals surface area contributed by atoms with E-state index in [9.17, 15) is 32.9 Å². The molecule has 0 amide bonds. The summed E-state index contributed by atoms with van der Waals surface area (Å²) in [6.45, 7) is 0. The van der Waals surface area contributed by atoms with Crippen molar-refractivity contribution in [3.8, 4) is 56.9 Å². The van der Waals surface area contributed by atoms with E-state index in [2.05, 4.69) is 4.98 Å². The van der Waals surface area contributed by atoms with Crippen LogP contribution in [0.1, 0.15) is 54.8 Å². The van der Waals surface area contributed by atoms with Crippen LogP contribution in [0.25, 0.3) is 144 Å². The zero-order valence-electron chi connectivity index (χ0n) is 77.9. The second-order valence-electron chi connectivity index (χ2n) is 16.6. The van der Waals surface area contributed by atoms with Crippen molar-refractivity contribution in [2.45, 2.75) is 0 Å². The topological polar surface area (TPSA) is 58.4 Å². The number of rotatable bonds is 7. The first kappa shape index (κ1) is 18.8. The van der Waals surface area contributed by atoms with E-state index in [0.717, 1.165) is 27.3 Å². The highest BCUT2D eigenvalue weighted by Crippen LogP contribution is 2.43. The summed E-state index contributed by atoms with van der Waals surface area (Å²) in [6.07, 6.45) is 0. The van der Waals surface area contributed by atoms with Crippen LogP contribution in [0.15, 0.2) is 260 Å². The van der Waals surface area contributed by atoms with Crippen LogP contribution >= 0.6 is 0 Å². The second kappa shape index (κ2) is 16.6. The highest BCUT2D eigenvalue weighted by molar-refractivity contribution is 6.13. The van der Waals surface area contributed by atoms with Crippen molar-refractivity contribution in [1.29, 1.82) is 0 Å². The number of hydrogen-bond acceptors (Lipinski definition) is 3. The lowest BCUT2D eigenvalue weighted by molar-refractivity contribution is 1.05. The van der Waals surface area contributed by atoms with E-state index < -0.39 is 386 Å². The molecular formula is C69H43N7. The van der Waals surface area contributed by atoms with Crippen LogP contribution in [-0.4, -0.2) is 33.2 Å². The maximum atomic E-state index is 10.5. The van der Waals surface area contributed by atoms with E-state index in [1.165, 1.54) is 0 Å². The van der Waals surface area contributed by atoms with Crippen LogP contribution in [-0.2, 0) is 0 Å². The molecule has 76 heavy (non-hydrogen) atoms. The van der Waals surface area contributed by atoms with Gasteiger partial charge in [-0.25, -0.2) is 15.0 Å². The molecule has 16 aromatic rings. The zero-order valence-corrected chi connectivity index (χ0v) is 37.9. The predicted octanol–water partition coefficient (Wildman–Crippen LogP) is 17.3. The molecule has 7 nitrogen and oxygen atoms in total. The van der Waals surface area contributed by atoms with Gasteiger partial charge in [-0.1, -0.05) is 175 Å². The summed E-state index contributed by atoms with van der Waals surface area (Å²) in [5, 5.41) is -4.86. The number of benzene rings is 11. The van der Waals surface area contributed by atoms with Crippen molar-refractivity contribution < 1.29 is 54.8 Å². The van der Waals surface area contributed by atoms with Crippen molar-refractivity contribution in [1.82, 2.24) is 33.2 Å². The molecule has 354 valence electrons. The molecule has 0 aliphatic heterocycles. The van der Waals surface area contributed by atoms with Gasteiger partial charge in [0.2, 0.25) is 0 Å². The van der Waals surface area contributed by atoms with Crippen LogP contribution in [0.5, 0.6) is 0 Å². The van der Waals surface area contributed by atoms with Crippen molar-refractivity contribution in [3.63, 3.8) is 0 Å². The second-order valence-corrected chi connectivity index (χ2v) is 16.6. The lowest BCUT2D eigenvalue weighted by Gasteiger charge is -2.20. The number of fused-ring (bicyclic) bond motifs is 12. The number of hydrogen-bond donors (Lipinski definition) is 0. The van der Waals surface area contributed by atoms with Gasteiger partial charge < -0.3 is 18.3 Å². The average Bonchev–Trinajstić information content (AvgIpc) is 1.54. The van der Waals surface area contributed by atoms with Gasteiger partial charge in [0, 0.05) is 65.6 Å². The summed E-state index contributed by atoms with van der Waals surface area (Å²) in [5.41, 5.74) is -12.2. The monoisotopic (exact) mass is 1010 g/mol. The van der Waals surface area contributed by atoms with Gasteiger partial charge in [0.25, 0.3) is 0 Å². The smallest absolute Gasteiger partial charge is 0.168 e. The van der Waals surface area contributed by atoms with Crippen LogP contribution < -0.4 is 0 Å². The molecule has 5 heterocycles. The van der Waals surface area contributed by atoms with Crippen LogP contribution in [0.4, 0.5) is 0 Å². The average molecular weight is 1010 g/mol. The van der Waals surface area contributed by atoms with Gasteiger partial charge in [-0.2, -0.15) is 0 Å². The molecule has 16 rings (SSSR count). The van der Waals surface area contributed by atoms with Gasteiger partial charge in [-0.3, -0.25) is 0 Å². The maximum Gasteiger partial charge on any atom is 0.168 e.